The van der Waals surface area contributed by atoms with Gasteiger partial charge in [0.15, 0.2) is 0 Å². The van der Waals surface area contributed by atoms with Crippen molar-refractivity contribution in [1.29, 1.82) is 0 Å². The summed E-state index contributed by atoms with van der Waals surface area (Å²) < 4.78 is 13.0. The molecule has 1 N–H and O–H groups in total. The van der Waals surface area contributed by atoms with Crippen LogP contribution in [-0.2, 0) is 6.54 Å². The number of halogens is 2. The lowest BCUT2D eigenvalue weighted by molar-refractivity contribution is 0.143. The minimum absolute atomic E-state index is 0.125. The van der Waals surface area contributed by atoms with Gasteiger partial charge < -0.3 is 10.2 Å². The predicted molar refractivity (Wildman–Crippen MR) is 103 cm³/mol. The van der Waals surface area contributed by atoms with Gasteiger partial charge in [0, 0.05) is 32.7 Å². The third-order valence-electron chi connectivity index (χ3n) is 4.64. The van der Waals surface area contributed by atoms with Crippen LogP contribution in [0.2, 0.25) is 5.02 Å². The zero-order valence-electron chi connectivity index (χ0n) is 15.1. The molecule has 0 spiro atoms. The van der Waals surface area contributed by atoms with Gasteiger partial charge in [-0.25, -0.2) is 9.18 Å². The number of rotatable bonds is 3. The second-order valence-electron chi connectivity index (χ2n) is 6.76. The molecule has 26 heavy (non-hydrogen) atoms. The summed E-state index contributed by atoms with van der Waals surface area (Å²) in [5.74, 6) is -0.222. The summed E-state index contributed by atoms with van der Waals surface area (Å²) in [6.45, 7) is 7.54. The summed E-state index contributed by atoms with van der Waals surface area (Å²) >= 11 is 6.27. The molecular weight excluding hydrogens is 353 g/mol. The van der Waals surface area contributed by atoms with Crippen LogP contribution in [0.4, 0.5) is 14.9 Å². The third-order valence-corrected chi connectivity index (χ3v) is 4.94. The third kappa shape index (κ3) is 4.54. The van der Waals surface area contributed by atoms with Crippen molar-refractivity contribution in [2.45, 2.75) is 20.4 Å². The highest BCUT2D eigenvalue weighted by atomic mass is 35.5. The van der Waals surface area contributed by atoms with Crippen LogP contribution in [0.3, 0.4) is 0 Å². The molecule has 6 heteroatoms. The average molecular weight is 376 g/mol. The van der Waals surface area contributed by atoms with Gasteiger partial charge >= 0.3 is 6.03 Å². The van der Waals surface area contributed by atoms with Gasteiger partial charge in [-0.1, -0.05) is 29.8 Å². The van der Waals surface area contributed by atoms with Crippen molar-refractivity contribution in [3.63, 3.8) is 0 Å². The number of piperazine rings is 1. The number of urea groups is 1. The van der Waals surface area contributed by atoms with E-state index in [0.29, 0.717) is 23.8 Å². The van der Waals surface area contributed by atoms with Gasteiger partial charge in [0.25, 0.3) is 0 Å². The quantitative estimate of drug-likeness (QED) is 0.860. The molecule has 3 rings (SSSR count). The van der Waals surface area contributed by atoms with Crippen LogP contribution in [0.15, 0.2) is 36.4 Å². The summed E-state index contributed by atoms with van der Waals surface area (Å²) in [7, 11) is 0. The Hall–Kier alpha value is -2.11. The SMILES string of the molecule is Cc1cc(C)c(NC(=O)N2CCN(Cc3ccc(F)cc3)CC2)c(Cl)c1. The van der Waals surface area contributed by atoms with E-state index in [9.17, 15) is 9.18 Å². The lowest BCUT2D eigenvalue weighted by Gasteiger charge is -2.34. The molecular formula is C20H23ClFN3O. The van der Waals surface area contributed by atoms with Crippen LogP contribution in [-0.4, -0.2) is 42.0 Å². The molecule has 1 heterocycles. The first-order valence-corrected chi connectivity index (χ1v) is 9.09. The Balaban J connectivity index is 1.54. The Bertz CT molecular complexity index is 763. The van der Waals surface area contributed by atoms with Crippen LogP contribution in [0, 0.1) is 19.7 Å². The molecule has 0 aliphatic carbocycles. The molecule has 0 atom stereocenters. The molecule has 0 radical (unpaired) electrons. The van der Waals surface area contributed by atoms with E-state index in [1.54, 1.807) is 17.0 Å². The predicted octanol–water partition coefficient (Wildman–Crippen LogP) is 4.45. The summed E-state index contributed by atoms with van der Waals surface area (Å²) in [5.41, 5.74) is 3.78. The molecule has 4 nitrogen and oxygen atoms in total. The number of carbonyl (C=O) groups is 1. The number of hydrogen-bond acceptors (Lipinski definition) is 2. The number of nitrogens with zero attached hydrogens (tertiary/aromatic N) is 2. The minimum Gasteiger partial charge on any atom is -0.322 e. The van der Waals surface area contributed by atoms with Crippen molar-refractivity contribution in [3.05, 3.63) is 63.9 Å². The van der Waals surface area contributed by atoms with E-state index in [0.717, 1.165) is 36.3 Å². The normalized spacial score (nSPS) is 15.2. The van der Waals surface area contributed by atoms with Gasteiger partial charge in [0.2, 0.25) is 0 Å². The lowest BCUT2D eigenvalue weighted by atomic mass is 10.1. The number of hydrogen-bond donors (Lipinski definition) is 1. The number of nitrogens with one attached hydrogen (secondary N) is 1. The Morgan fingerprint density at radius 1 is 1.12 bits per heavy atom. The molecule has 2 aromatic rings. The van der Waals surface area contributed by atoms with Gasteiger partial charge in [-0.05, 0) is 48.7 Å². The van der Waals surface area contributed by atoms with Crippen molar-refractivity contribution in [1.82, 2.24) is 9.80 Å². The fourth-order valence-electron chi connectivity index (χ4n) is 3.22. The van der Waals surface area contributed by atoms with E-state index in [1.165, 1.54) is 12.1 Å². The molecule has 1 saturated heterocycles. The monoisotopic (exact) mass is 375 g/mol. The molecule has 0 saturated carbocycles. The molecule has 2 aromatic carbocycles. The number of carbonyl (C=O) groups excluding carboxylic acids is 1. The standard InChI is InChI=1S/C20H23ClFN3O/c1-14-11-15(2)19(18(21)12-14)23-20(26)25-9-7-24(8-10-25)13-16-3-5-17(22)6-4-16/h3-6,11-12H,7-10,13H2,1-2H3,(H,23,26). The Morgan fingerprint density at radius 3 is 2.38 bits per heavy atom. The second-order valence-corrected chi connectivity index (χ2v) is 7.17. The van der Waals surface area contributed by atoms with Crippen LogP contribution in [0.25, 0.3) is 0 Å². The first-order valence-electron chi connectivity index (χ1n) is 8.72. The average Bonchev–Trinajstić information content (AvgIpc) is 2.60. The molecule has 138 valence electrons. The summed E-state index contributed by atoms with van der Waals surface area (Å²) in [6.07, 6.45) is 0. The van der Waals surface area contributed by atoms with Crippen molar-refractivity contribution in [2.24, 2.45) is 0 Å². The van der Waals surface area contributed by atoms with Crippen molar-refractivity contribution < 1.29 is 9.18 Å². The first-order chi connectivity index (χ1) is 12.4. The number of amides is 2. The van der Waals surface area contributed by atoms with Crippen molar-refractivity contribution in [2.75, 3.05) is 31.5 Å². The Labute approximate surface area is 158 Å². The minimum atomic E-state index is -0.222. The fourth-order valence-corrected chi connectivity index (χ4v) is 3.59. The molecule has 0 unspecified atom stereocenters. The van der Waals surface area contributed by atoms with Gasteiger partial charge in [-0.15, -0.1) is 0 Å². The fraction of sp³-hybridized carbons (Fsp3) is 0.350. The largest absolute Gasteiger partial charge is 0.322 e. The molecule has 1 fully saturated rings. The van der Waals surface area contributed by atoms with Gasteiger partial charge in [0.05, 0.1) is 10.7 Å². The Morgan fingerprint density at radius 2 is 1.77 bits per heavy atom. The van der Waals surface area contributed by atoms with E-state index in [2.05, 4.69) is 10.2 Å². The Kier molecular flexibility index (Phi) is 5.79. The maximum absolute atomic E-state index is 13.0. The summed E-state index contributed by atoms with van der Waals surface area (Å²) in [5, 5.41) is 3.50. The van der Waals surface area contributed by atoms with Crippen LogP contribution in [0.5, 0.6) is 0 Å². The molecule has 0 bridgehead atoms. The lowest BCUT2D eigenvalue weighted by Crippen LogP contribution is -2.49. The molecule has 1 aliphatic rings. The van der Waals surface area contributed by atoms with E-state index in [1.807, 2.05) is 26.0 Å². The van der Waals surface area contributed by atoms with Crippen LogP contribution >= 0.6 is 11.6 Å². The van der Waals surface area contributed by atoms with Crippen molar-refractivity contribution >= 4 is 23.3 Å². The highest BCUT2D eigenvalue weighted by molar-refractivity contribution is 6.34. The molecule has 1 aliphatic heterocycles. The molecule has 0 aromatic heterocycles. The first kappa shape index (κ1) is 18.7. The van der Waals surface area contributed by atoms with E-state index in [4.69, 9.17) is 11.6 Å². The smallest absolute Gasteiger partial charge is 0.321 e. The van der Waals surface area contributed by atoms with Crippen LogP contribution < -0.4 is 5.32 Å². The highest BCUT2D eigenvalue weighted by Gasteiger charge is 2.22. The van der Waals surface area contributed by atoms with E-state index < -0.39 is 0 Å². The van der Waals surface area contributed by atoms with Crippen molar-refractivity contribution in [3.8, 4) is 0 Å². The maximum atomic E-state index is 13.0. The van der Waals surface area contributed by atoms with Gasteiger partial charge in [-0.3, -0.25) is 4.90 Å². The second kappa shape index (κ2) is 8.06. The maximum Gasteiger partial charge on any atom is 0.321 e. The van der Waals surface area contributed by atoms with E-state index in [-0.39, 0.29) is 11.8 Å². The number of benzene rings is 2. The van der Waals surface area contributed by atoms with Gasteiger partial charge in [0.1, 0.15) is 5.82 Å². The zero-order chi connectivity index (χ0) is 18.7. The number of aryl methyl sites for hydroxylation is 2. The highest BCUT2D eigenvalue weighted by Crippen LogP contribution is 2.27. The summed E-state index contributed by atoms with van der Waals surface area (Å²) in [4.78, 5) is 16.6. The molecule has 2 amide bonds. The van der Waals surface area contributed by atoms with Crippen LogP contribution in [0.1, 0.15) is 16.7 Å². The van der Waals surface area contributed by atoms with Gasteiger partial charge in [-0.2, -0.15) is 0 Å². The summed E-state index contributed by atoms with van der Waals surface area (Å²) in [6, 6.07) is 10.3. The van der Waals surface area contributed by atoms with E-state index >= 15 is 0 Å². The number of anilines is 1. The zero-order valence-corrected chi connectivity index (χ0v) is 15.8. The topological polar surface area (TPSA) is 35.6 Å².